The quantitative estimate of drug-likeness (QED) is 0.140. The molecular formula is C96H54S4. The van der Waals surface area contributed by atoms with Gasteiger partial charge in [-0.1, -0.05) is 212 Å². The maximum atomic E-state index is 2.53. The van der Waals surface area contributed by atoms with E-state index in [0.717, 1.165) is 0 Å². The van der Waals surface area contributed by atoms with E-state index in [9.17, 15) is 0 Å². The van der Waals surface area contributed by atoms with Crippen LogP contribution < -0.4 is 0 Å². The van der Waals surface area contributed by atoms with Crippen molar-refractivity contribution in [1.82, 2.24) is 0 Å². The second-order valence-corrected chi connectivity index (χ2v) is 31.2. The van der Waals surface area contributed by atoms with E-state index >= 15 is 0 Å². The van der Waals surface area contributed by atoms with E-state index < -0.39 is 0 Å². The largest absolute Gasteiger partial charge is 0.135 e. The molecule has 18 aromatic carbocycles. The van der Waals surface area contributed by atoms with Crippen LogP contribution in [-0.4, -0.2) is 0 Å². The minimum Gasteiger partial charge on any atom is -0.135 e. The lowest BCUT2D eigenvalue weighted by Crippen LogP contribution is -1.91. The third-order valence-corrected chi connectivity index (χ3v) is 26.0. The minimum atomic E-state index is 1.18. The highest BCUT2D eigenvalue weighted by Crippen LogP contribution is 2.51. The second kappa shape index (κ2) is 22.0. The van der Waals surface area contributed by atoms with Crippen LogP contribution in [0.25, 0.3) is 223 Å². The van der Waals surface area contributed by atoms with Crippen LogP contribution >= 0.6 is 45.3 Å². The lowest BCUT2D eigenvalue weighted by atomic mass is 9.86. The summed E-state index contributed by atoms with van der Waals surface area (Å²) >= 11 is 7.55. The lowest BCUT2D eigenvalue weighted by molar-refractivity contribution is 1.60. The summed E-state index contributed by atoms with van der Waals surface area (Å²) in [5, 5.41) is 25.4. The summed E-state index contributed by atoms with van der Waals surface area (Å²) in [4.78, 5) is 0. The van der Waals surface area contributed by atoms with Gasteiger partial charge in [0.05, 0.1) is 0 Å². The Morgan fingerprint density at radius 2 is 0.520 bits per heavy atom. The van der Waals surface area contributed by atoms with Gasteiger partial charge in [-0.25, -0.2) is 0 Å². The van der Waals surface area contributed by atoms with Gasteiger partial charge in [0.1, 0.15) is 0 Å². The van der Waals surface area contributed by atoms with Crippen LogP contribution in [0.5, 0.6) is 0 Å². The molecule has 0 atom stereocenters. The molecule has 0 aliphatic heterocycles. The number of fused-ring (bicyclic) bond motifs is 22. The second-order valence-electron chi connectivity index (χ2n) is 26.9. The zero-order valence-electron chi connectivity index (χ0n) is 53.8. The summed E-state index contributed by atoms with van der Waals surface area (Å²) in [5.74, 6) is 0. The van der Waals surface area contributed by atoms with Crippen molar-refractivity contribution in [2.45, 2.75) is 0 Å². The minimum absolute atomic E-state index is 1.18. The molecule has 0 radical (unpaired) electrons. The SMILES string of the molecule is c1ccc2c(c1)ccc1ccc3ccc(-c4cc(-c5ccc6sc7ccccc7c6c5)cc(-c5cc(-c6cc7ccccc7c7c6ccc6ccc(-c8cc(-c9cccc%10sc%11ccccc%11c9%10)cc(-c9cccc%10sc%11ccccc%11c9%10)c8)cc67)c6sc7ccccc7c6c5)c4)cc3c12. The van der Waals surface area contributed by atoms with Crippen LogP contribution in [0.4, 0.5) is 0 Å². The van der Waals surface area contributed by atoms with Gasteiger partial charge in [-0.2, -0.15) is 0 Å². The highest BCUT2D eigenvalue weighted by molar-refractivity contribution is 7.27. The Morgan fingerprint density at radius 3 is 1.14 bits per heavy atom. The van der Waals surface area contributed by atoms with Crippen molar-refractivity contribution in [2.75, 3.05) is 0 Å². The van der Waals surface area contributed by atoms with Gasteiger partial charge in [-0.3, -0.25) is 0 Å². The lowest BCUT2D eigenvalue weighted by Gasteiger charge is -2.17. The summed E-state index contributed by atoms with van der Waals surface area (Å²) in [5.41, 5.74) is 16.9. The molecule has 100 heavy (non-hydrogen) atoms. The van der Waals surface area contributed by atoms with Crippen molar-refractivity contribution in [3.8, 4) is 77.9 Å². The fourth-order valence-corrected chi connectivity index (χ4v) is 21.3. The number of hydrogen-bond donors (Lipinski definition) is 0. The van der Waals surface area contributed by atoms with E-state index in [-0.39, 0.29) is 0 Å². The molecule has 0 amide bonds. The molecule has 0 aliphatic rings. The van der Waals surface area contributed by atoms with Crippen LogP contribution in [0.3, 0.4) is 0 Å². The maximum Gasteiger partial charge on any atom is 0.0434 e. The van der Waals surface area contributed by atoms with E-state index in [4.69, 9.17) is 0 Å². The molecule has 0 bridgehead atoms. The topological polar surface area (TPSA) is 0 Å². The highest BCUT2D eigenvalue weighted by atomic mass is 32.1. The summed E-state index contributed by atoms with van der Waals surface area (Å²) in [7, 11) is 0. The molecule has 22 rings (SSSR count). The van der Waals surface area contributed by atoms with Gasteiger partial charge in [0.15, 0.2) is 0 Å². The Kier molecular flexibility index (Phi) is 12.4. The normalized spacial score (nSPS) is 12.2. The van der Waals surface area contributed by atoms with Crippen molar-refractivity contribution in [2.24, 2.45) is 0 Å². The molecule has 0 nitrogen and oxygen atoms in total. The van der Waals surface area contributed by atoms with E-state index in [0.29, 0.717) is 0 Å². The Bertz CT molecular complexity index is 7150. The predicted octanol–water partition coefficient (Wildman–Crippen LogP) is 29.7. The van der Waals surface area contributed by atoms with E-state index in [1.54, 1.807) is 0 Å². The van der Waals surface area contributed by atoms with Crippen LogP contribution in [0.1, 0.15) is 0 Å². The zero-order chi connectivity index (χ0) is 65.3. The van der Waals surface area contributed by atoms with Gasteiger partial charge in [0.2, 0.25) is 0 Å². The van der Waals surface area contributed by atoms with Crippen LogP contribution in [0.15, 0.2) is 328 Å². The highest BCUT2D eigenvalue weighted by Gasteiger charge is 2.23. The fourth-order valence-electron chi connectivity index (χ4n) is 16.7. The molecule has 0 saturated heterocycles. The van der Waals surface area contributed by atoms with E-state index in [2.05, 4.69) is 328 Å². The summed E-state index contributed by atoms with van der Waals surface area (Å²) in [6.45, 7) is 0. The molecule has 0 N–H and O–H groups in total. The Morgan fingerprint density at radius 1 is 0.140 bits per heavy atom. The Balaban J connectivity index is 0.774. The van der Waals surface area contributed by atoms with Crippen molar-refractivity contribution in [1.29, 1.82) is 0 Å². The molecule has 4 heterocycles. The molecule has 0 unspecified atom stereocenters. The number of hydrogen-bond acceptors (Lipinski definition) is 4. The van der Waals surface area contributed by atoms with Gasteiger partial charge in [0, 0.05) is 86.3 Å². The summed E-state index contributed by atoms with van der Waals surface area (Å²) < 4.78 is 10.4. The van der Waals surface area contributed by atoms with Crippen molar-refractivity contribution in [3.05, 3.63) is 328 Å². The molecule has 0 aliphatic carbocycles. The third-order valence-electron chi connectivity index (χ3n) is 21.3. The first-order valence-corrected chi connectivity index (χ1v) is 37.5. The average Bonchev–Trinajstić information content (AvgIpc) is 1.08. The fraction of sp³-hybridized carbons (Fsp3) is 0. The molecular weight excluding hydrogens is 1280 g/mol. The third kappa shape index (κ3) is 8.75. The van der Waals surface area contributed by atoms with Gasteiger partial charge in [-0.15, -0.1) is 45.3 Å². The Hall–Kier alpha value is -11.6. The van der Waals surface area contributed by atoms with Crippen LogP contribution in [0, 0.1) is 0 Å². The average molecular weight is 1340 g/mol. The molecule has 0 saturated carbocycles. The Labute approximate surface area is 591 Å². The number of rotatable bonds is 7. The first-order valence-electron chi connectivity index (χ1n) is 34.2. The van der Waals surface area contributed by atoms with Gasteiger partial charge >= 0.3 is 0 Å². The molecule has 4 aromatic heterocycles. The van der Waals surface area contributed by atoms with E-state index in [1.165, 1.54) is 223 Å². The molecule has 462 valence electrons. The standard InChI is InChI=1S/C96H54S4/c1-3-17-70-55(15-1)31-35-58-36-32-56-33-37-59(49-79(56)92(58)70)63-43-64(61-40-42-89-82(51-61)74-19-5-9-25-85(74)97-89)45-66(44-63)67-53-83-75-20-6-10-26-86(75)100-96(83)84(54-67)81-52-62-16-2-4-18-71(62)93-76(81)41-39-57-34-38-60(50-80(57)93)65-46-68(72-23-13-29-90-94(72)77-21-7-11-27-87(77)98-90)48-69(47-65)73-24-14-30-91-95(73)78-22-8-12-28-88(78)99-91/h1-54H. The maximum absolute atomic E-state index is 2.53. The first kappa shape index (κ1) is 56.4. The van der Waals surface area contributed by atoms with Gasteiger partial charge in [-0.05, 0) is 252 Å². The monoisotopic (exact) mass is 1330 g/mol. The number of benzene rings is 18. The van der Waals surface area contributed by atoms with Gasteiger partial charge < -0.3 is 0 Å². The van der Waals surface area contributed by atoms with Crippen LogP contribution in [0.2, 0.25) is 0 Å². The van der Waals surface area contributed by atoms with E-state index in [1.807, 2.05) is 45.3 Å². The molecule has 0 spiro atoms. The number of thiophene rings is 4. The zero-order valence-corrected chi connectivity index (χ0v) is 57.1. The predicted molar refractivity (Wildman–Crippen MR) is 441 cm³/mol. The van der Waals surface area contributed by atoms with Crippen LogP contribution in [-0.2, 0) is 0 Å². The van der Waals surface area contributed by atoms with Crippen molar-refractivity contribution in [3.63, 3.8) is 0 Å². The smallest absolute Gasteiger partial charge is 0.0434 e. The van der Waals surface area contributed by atoms with Crippen molar-refractivity contribution >= 4 is 191 Å². The van der Waals surface area contributed by atoms with Gasteiger partial charge in [0.25, 0.3) is 0 Å². The molecule has 0 fully saturated rings. The summed E-state index contributed by atoms with van der Waals surface area (Å²) in [6.07, 6.45) is 0. The molecule has 4 heteroatoms. The first-order chi connectivity index (χ1) is 49.5. The van der Waals surface area contributed by atoms with Crippen molar-refractivity contribution < 1.29 is 0 Å². The molecule has 22 aromatic rings. The summed E-state index contributed by atoms with van der Waals surface area (Å²) in [6, 6.07) is 125.